The van der Waals surface area contributed by atoms with Crippen molar-refractivity contribution in [2.45, 2.75) is 52.5 Å². The van der Waals surface area contributed by atoms with E-state index in [0.29, 0.717) is 0 Å². The number of anilines is 1. The van der Waals surface area contributed by atoms with Crippen LogP contribution in [0.25, 0.3) is 11.4 Å². The molecular weight excluding hydrogens is 288 g/mol. The highest BCUT2D eigenvalue weighted by Crippen LogP contribution is 2.25. The molecule has 0 aliphatic carbocycles. The van der Waals surface area contributed by atoms with Crippen LogP contribution in [0.3, 0.4) is 0 Å². The number of nitrogens with zero attached hydrogens (tertiary/aromatic N) is 3. The maximum Gasteiger partial charge on any atom is 0.227 e. The molecule has 1 aromatic heterocycles. The highest BCUT2D eigenvalue weighted by atomic mass is 16.1. The van der Waals surface area contributed by atoms with Crippen molar-refractivity contribution in [3.63, 3.8) is 0 Å². The van der Waals surface area contributed by atoms with Gasteiger partial charge in [0.15, 0.2) is 5.82 Å². The first-order chi connectivity index (χ1) is 11.2. The molecule has 0 spiro atoms. The minimum absolute atomic E-state index is 0.0167. The predicted octanol–water partition coefficient (Wildman–Crippen LogP) is 3.66. The minimum Gasteiger partial charge on any atom is -0.326 e. The third kappa shape index (κ3) is 3.44. The number of hydrogen-bond donors (Lipinski definition) is 1. The molecule has 0 radical (unpaired) electrons. The van der Waals surface area contributed by atoms with Crippen molar-refractivity contribution in [1.29, 1.82) is 0 Å². The van der Waals surface area contributed by atoms with Crippen molar-refractivity contribution in [1.82, 2.24) is 14.8 Å². The summed E-state index contributed by atoms with van der Waals surface area (Å²) in [5, 5.41) is 11.7. The third-order valence-electron chi connectivity index (χ3n) is 4.56. The van der Waals surface area contributed by atoms with Gasteiger partial charge in [-0.15, -0.1) is 10.2 Å². The zero-order valence-electron chi connectivity index (χ0n) is 13.9. The lowest BCUT2D eigenvalue weighted by atomic mass is 10.1. The van der Waals surface area contributed by atoms with Crippen molar-refractivity contribution in [2.24, 2.45) is 5.92 Å². The lowest BCUT2D eigenvalue weighted by Gasteiger charge is -2.11. The van der Waals surface area contributed by atoms with Gasteiger partial charge in [0.25, 0.3) is 0 Å². The van der Waals surface area contributed by atoms with Crippen LogP contribution in [-0.4, -0.2) is 20.7 Å². The van der Waals surface area contributed by atoms with Gasteiger partial charge in [0.05, 0.1) is 0 Å². The maximum absolute atomic E-state index is 12.1. The lowest BCUT2D eigenvalue weighted by molar-refractivity contribution is -0.119. The van der Waals surface area contributed by atoms with E-state index in [-0.39, 0.29) is 11.8 Å². The molecular formula is C18H24N4O. The van der Waals surface area contributed by atoms with Crippen molar-refractivity contribution in [3.05, 3.63) is 30.1 Å². The summed E-state index contributed by atoms with van der Waals surface area (Å²) in [6.07, 6.45) is 5.43. The molecule has 1 N–H and O–H groups in total. The van der Waals surface area contributed by atoms with Gasteiger partial charge in [-0.05, 0) is 31.4 Å². The molecule has 3 rings (SSSR count). The first-order valence-corrected chi connectivity index (χ1v) is 8.52. The molecule has 0 saturated heterocycles. The van der Waals surface area contributed by atoms with Crippen LogP contribution >= 0.6 is 0 Å². The van der Waals surface area contributed by atoms with E-state index in [0.717, 1.165) is 42.3 Å². The summed E-state index contributed by atoms with van der Waals surface area (Å²) in [4.78, 5) is 12.1. The summed E-state index contributed by atoms with van der Waals surface area (Å²) < 4.78 is 2.22. The molecule has 2 heterocycles. The Balaban J connectivity index is 1.86. The Morgan fingerprint density at radius 2 is 2.17 bits per heavy atom. The van der Waals surface area contributed by atoms with Gasteiger partial charge in [-0.1, -0.05) is 32.4 Å². The van der Waals surface area contributed by atoms with Gasteiger partial charge in [0.1, 0.15) is 5.82 Å². The quantitative estimate of drug-likeness (QED) is 0.937. The van der Waals surface area contributed by atoms with Crippen molar-refractivity contribution >= 4 is 11.6 Å². The van der Waals surface area contributed by atoms with Crippen LogP contribution in [0.1, 0.15) is 45.4 Å². The number of rotatable bonds is 4. The van der Waals surface area contributed by atoms with Crippen molar-refractivity contribution in [2.75, 3.05) is 5.32 Å². The van der Waals surface area contributed by atoms with E-state index < -0.39 is 0 Å². The van der Waals surface area contributed by atoms with Crippen LogP contribution in [0.15, 0.2) is 24.3 Å². The average molecular weight is 312 g/mol. The molecule has 1 amide bonds. The van der Waals surface area contributed by atoms with E-state index in [1.54, 1.807) is 0 Å². The second kappa shape index (κ2) is 6.94. The second-order valence-electron chi connectivity index (χ2n) is 6.28. The van der Waals surface area contributed by atoms with E-state index in [1.807, 2.05) is 38.1 Å². The summed E-state index contributed by atoms with van der Waals surface area (Å²) in [6.45, 7) is 4.94. The molecule has 23 heavy (non-hydrogen) atoms. The van der Waals surface area contributed by atoms with Crippen molar-refractivity contribution < 1.29 is 4.79 Å². The molecule has 0 bridgehead atoms. The number of aromatic nitrogens is 3. The van der Waals surface area contributed by atoms with Crippen LogP contribution in [0, 0.1) is 5.92 Å². The van der Waals surface area contributed by atoms with E-state index in [9.17, 15) is 4.79 Å². The molecule has 0 fully saturated rings. The standard InChI is InChI=1S/C18H24N4O/c1-3-13(2)18(23)19-15-9-7-8-14(12-15)17-21-20-16-10-5-4-6-11-22(16)17/h7-9,12-13H,3-6,10-11H2,1-2H3,(H,19,23). The van der Waals surface area contributed by atoms with Gasteiger partial charge in [-0.25, -0.2) is 0 Å². The fourth-order valence-electron chi connectivity index (χ4n) is 2.89. The Morgan fingerprint density at radius 1 is 1.30 bits per heavy atom. The summed E-state index contributed by atoms with van der Waals surface area (Å²) in [7, 11) is 0. The molecule has 2 aromatic rings. The monoisotopic (exact) mass is 312 g/mol. The molecule has 1 aromatic carbocycles. The van der Waals surface area contributed by atoms with Crippen LogP contribution in [-0.2, 0) is 17.8 Å². The number of carbonyl (C=O) groups is 1. The summed E-state index contributed by atoms with van der Waals surface area (Å²) in [5.41, 5.74) is 1.83. The minimum atomic E-state index is 0.0167. The molecule has 0 saturated carbocycles. The summed E-state index contributed by atoms with van der Waals surface area (Å²) in [5.74, 6) is 2.06. The maximum atomic E-state index is 12.1. The first kappa shape index (κ1) is 15.7. The van der Waals surface area contributed by atoms with Gasteiger partial charge in [0.2, 0.25) is 5.91 Å². The smallest absolute Gasteiger partial charge is 0.227 e. The summed E-state index contributed by atoms with van der Waals surface area (Å²) >= 11 is 0. The Kier molecular flexibility index (Phi) is 4.74. The number of hydrogen-bond acceptors (Lipinski definition) is 3. The van der Waals surface area contributed by atoms with Crippen LogP contribution < -0.4 is 5.32 Å². The SMILES string of the molecule is CCC(C)C(=O)Nc1cccc(-c2nnc3n2CCCCC3)c1. The number of amides is 1. The van der Waals surface area contributed by atoms with Gasteiger partial charge >= 0.3 is 0 Å². The molecule has 1 atom stereocenters. The van der Waals surface area contributed by atoms with Crippen LogP contribution in [0.4, 0.5) is 5.69 Å². The zero-order chi connectivity index (χ0) is 16.2. The van der Waals surface area contributed by atoms with Gasteiger partial charge in [-0.3, -0.25) is 4.79 Å². The molecule has 5 nitrogen and oxygen atoms in total. The van der Waals surface area contributed by atoms with Gasteiger partial charge < -0.3 is 9.88 Å². The van der Waals surface area contributed by atoms with Gasteiger partial charge in [0, 0.05) is 30.1 Å². The number of aryl methyl sites for hydroxylation is 1. The zero-order valence-corrected chi connectivity index (χ0v) is 13.9. The lowest BCUT2D eigenvalue weighted by Crippen LogP contribution is -2.19. The van der Waals surface area contributed by atoms with Crippen LogP contribution in [0.2, 0.25) is 0 Å². The number of carbonyl (C=O) groups excluding carboxylic acids is 1. The second-order valence-corrected chi connectivity index (χ2v) is 6.28. The Bertz CT molecular complexity index is 692. The highest BCUT2D eigenvalue weighted by molar-refractivity contribution is 5.92. The number of benzene rings is 1. The average Bonchev–Trinajstić information content (AvgIpc) is 2.83. The fraction of sp³-hybridized carbons (Fsp3) is 0.500. The van der Waals surface area contributed by atoms with Crippen LogP contribution in [0.5, 0.6) is 0 Å². The van der Waals surface area contributed by atoms with E-state index in [4.69, 9.17) is 0 Å². The molecule has 1 unspecified atom stereocenters. The first-order valence-electron chi connectivity index (χ1n) is 8.52. The topological polar surface area (TPSA) is 59.8 Å². The Morgan fingerprint density at radius 3 is 3.00 bits per heavy atom. The fourth-order valence-corrected chi connectivity index (χ4v) is 2.89. The van der Waals surface area contributed by atoms with E-state index in [2.05, 4.69) is 20.1 Å². The molecule has 1 aliphatic rings. The Hall–Kier alpha value is -2.17. The molecule has 1 aliphatic heterocycles. The van der Waals surface area contributed by atoms with E-state index in [1.165, 1.54) is 19.3 Å². The largest absolute Gasteiger partial charge is 0.326 e. The van der Waals surface area contributed by atoms with E-state index >= 15 is 0 Å². The third-order valence-corrected chi connectivity index (χ3v) is 4.56. The highest BCUT2D eigenvalue weighted by Gasteiger charge is 2.17. The molecule has 5 heteroatoms. The van der Waals surface area contributed by atoms with Crippen molar-refractivity contribution in [3.8, 4) is 11.4 Å². The van der Waals surface area contributed by atoms with Gasteiger partial charge in [-0.2, -0.15) is 0 Å². The number of nitrogens with one attached hydrogen (secondary N) is 1. The predicted molar refractivity (Wildman–Crippen MR) is 91.1 cm³/mol. The normalized spacial score (nSPS) is 15.6. The number of fused-ring (bicyclic) bond motifs is 1. The Labute approximate surface area is 137 Å². The molecule has 122 valence electrons. The summed E-state index contributed by atoms with van der Waals surface area (Å²) in [6, 6.07) is 7.90.